The number of thiazole rings is 1. The molecule has 1 aliphatic heterocycles. The highest BCUT2D eigenvalue weighted by Crippen LogP contribution is 2.38. The molecule has 0 unspecified atom stereocenters. The molecular weight excluding hydrogens is 556 g/mol. The second kappa shape index (κ2) is 11.5. The summed E-state index contributed by atoms with van der Waals surface area (Å²) in [6, 6.07) is 10.6. The number of rotatable bonds is 8. The highest BCUT2D eigenvalue weighted by atomic mass is 79.9. The lowest BCUT2D eigenvalue weighted by molar-refractivity contribution is -0.139. The van der Waals surface area contributed by atoms with Crippen LogP contribution in [0.5, 0.6) is 11.5 Å². The first-order chi connectivity index (χ1) is 17.8. The molecule has 0 amide bonds. The Morgan fingerprint density at radius 2 is 1.89 bits per heavy atom. The SMILES string of the molecule is CCCC1=C(C(=O)OCC)[C@@H](c2cc(Br)ccc2OC)n2c(s/c(=C/c3ccc(C)c(OC)c3)c2=O)=N1. The molecule has 9 heteroatoms. The average Bonchev–Trinajstić information content (AvgIpc) is 3.19. The lowest BCUT2D eigenvalue weighted by Crippen LogP contribution is -2.40. The monoisotopic (exact) mass is 584 g/mol. The van der Waals surface area contributed by atoms with Gasteiger partial charge in [-0.1, -0.05) is 52.7 Å². The van der Waals surface area contributed by atoms with Crippen molar-refractivity contribution in [2.45, 2.75) is 39.7 Å². The van der Waals surface area contributed by atoms with Crippen LogP contribution in [0.25, 0.3) is 6.08 Å². The molecule has 0 spiro atoms. The largest absolute Gasteiger partial charge is 0.496 e. The van der Waals surface area contributed by atoms with Gasteiger partial charge in [-0.05, 0) is 61.7 Å². The van der Waals surface area contributed by atoms with Crippen LogP contribution < -0.4 is 24.4 Å². The quantitative estimate of drug-likeness (QED) is 0.360. The van der Waals surface area contributed by atoms with Crippen molar-refractivity contribution in [2.75, 3.05) is 20.8 Å². The maximum Gasteiger partial charge on any atom is 0.338 e. The highest BCUT2D eigenvalue weighted by Gasteiger charge is 2.36. The fourth-order valence-electron chi connectivity index (χ4n) is 4.41. The van der Waals surface area contributed by atoms with E-state index in [0.717, 1.165) is 27.8 Å². The van der Waals surface area contributed by atoms with Crippen molar-refractivity contribution in [3.63, 3.8) is 0 Å². The molecule has 2 heterocycles. The lowest BCUT2D eigenvalue weighted by atomic mass is 9.93. The molecule has 0 N–H and O–H groups in total. The number of fused-ring (bicyclic) bond motifs is 1. The number of aromatic nitrogens is 1. The summed E-state index contributed by atoms with van der Waals surface area (Å²) in [4.78, 5) is 32.6. The zero-order chi connectivity index (χ0) is 26.7. The number of carbonyl (C=O) groups excluding carboxylic acids is 1. The molecular formula is C28H29BrN2O5S. The Hall–Kier alpha value is -3.17. The molecule has 0 saturated carbocycles. The minimum atomic E-state index is -0.751. The maximum atomic E-state index is 13.9. The average molecular weight is 586 g/mol. The zero-order valence-corrected chi connectivity index (χ0v) is 23.9. The highest BCUT2D eigenvalue weighted by molar-refractivity contribution is 9.10. The summed E-state index contributed by atoms with van der Waals surface area (Å²) < 4.78 is 19.5. The molecule has 0 aliphatic carbocycles. The maximum absolute atomic E-state index is 13.9. The fraction of sp³-hybridized carbons (Fsp3) is 0.321. The normalized spacial score (nSPS) is 15.3. The van der Waals surface area contributed by atoms with E-state index in [4.69, 9.17) is 19.2 Å². The molecule has 1 atom stereocenters. The van der Waals surface area contributed by atoms with Crippen molar-refractivity contribution in [3.8, 4) is 11.5 Å². The number of carbonyl (C=O) groups is 1. The Morgan fingerprint density at radius 3 is 2.57 bits per heavy atom. The van der Waals surface area contributed by atoms with E-state index in [1.165, 1.54) is 11.3 Å². The van der Waals surface area contributed by atoms with Gasteiger partial charge in [0.25, 0.3) is 5.56 Å². The number of aryl methyl sites for hydroxylation is 1. The molecule has 1 aliphatic rings. The van der Waals surface area contributed by atoms with Gasteiger partial charge in [0.1, 0.15) is 17.5 Å². The van der Waals surface area contributed by atoms with Gasteiger partial charge < -0.3 is 14.2 Å². The molecule has 0 fully saturated rings. The predicted octanol–water partition coefficient (Wildman–Crippen LogP) is 4.67. The number of halogens is 1. The summed E-state index contributed by atoms with van der Waals surface area (Å²) >= 11 is 4.83. The van der Waals surface area contributed by atoms with Crippen LogP contribution in [0.4, 0.5) is 0 Å². The lowest BCUT2D eigenvalue weighted by Gasteiger charge is -2.27. The summed E-state index contributed by atoms with van der Waals surface area (Å²) in [5.74, 6) is 0.818. The number of nitrogens with zero attached hydrogens (tertiary/aromatic N) is 2. The van der Waals surface area contributed by atoms with E-state index in [-0.39, 0.29) is 12.2 Å². The van der Waals surface area contributed by atoms with Gasteiger partial charge >= 0.3 is 5.97 Å². The Labute approximate surface area is 227 Å². The van der Waals surface area contributed by atoms with Crippen molar-refractivity contribution in [2.24, 2.45) is 4.99 Å². The number of esters is 1. The molecule has 194 valence electrons. The Kier molecular flexibility index (Phi) is 8.34. The van der Waals surface area contributed by atoms with Crippen molar-refractivity contribution < 1.29 is 19.0 Å². The number of hydrogen-bond acceptors (Lipinski definition) is 7. The number of methoxy groups -OCH3 is 2. The number of hydrogen-bond donors (Lipinski definition) is 0. The first-order valence-electron chi connectivity index (χ1n) is 12.0. The van der Waals surface area contributed by atoms with Crippen LogP contribution in [0.3, 0.4) is 0 Å². The van der Waals surface area contributed by atoms with Crippen LogP contribution in [0.2, 0.25) is 0 Å². The van der Waals surface area contributed by atoms with Crippen molar-refractivity contribution in [1.29, 1.82) is 0 Å². The Bertz CT molecular complexity index is 1550. The number of ether oxygens (including phenoxy) is 3. The van der Waals surface area contributed by atoms with Crippen LogP contribution in [0.15, 0.2) is 61.9 Å². The summed E-state index contributed by atoms with van der Waals surface area (Å²) in [5.41, 5.74) is 3.25. The minimum Gasteiger partial charge on any atom is -0.496 e. The third-order valence-corrected chi connectivity index (χ3v) is 7.58. The van der Waals surface area contributed by atoms with E-state index in [2.05, 4.69) is 15.9 Å². The van der Waals surface area contributed by atoms with Gasteiger partial charge in [-0.2, -0.15) is 0 Å². The van der Waals surface area contributed by atoms with Crippen LogP contribution in [0.1, 0.15) is 49.4 Å². The smallest absolute Gasteiger partial charge is 0.338 e. The van der Waals surface area contributed by atoms with Crippen LogP contribution in [-0.2, 0) is 9.53 Å². The molecule has 37 heavy (non-hydrogen) atoms. The van der Waals surface area contributed by atoms with E-state index < -0.39 is 12.0 Å². The number of benzene rings is 2. The standard InChI is InChI=1S/C28H29BrN2O5S/c1-6-8-20-24(27(33)36-7-2)25(19-15-18(29)11-12-21(19)34-4)31-26(32)23(37-28(31)30-20)14-17-10-9-16(3)22(13-17)35-5/h9-15,25H,6-8H2,1-5H3/b23-14+/t25-/m1/s1. The first-order valence-corrected chi connectivity index (χ1v) is 13.6. The van der Waals surface area contributed by atoms with Gasteiger partial charge in [-0.25, -0.2) is 9.79 Å². The summed E-state index contributed by atoms with van der Waals surface area (Å²) in [7, 11) is 3.19. The second-order valence-corrected chi connectivity index (χ2v) is 10.5. The minimum absolute atomic E-state index is 0.212. The van der Waals surface area contributed by atoms with Crippen molar-refractivity contribution in [1.82, 2.24) is 4.57 Å². The van der Waals surface area contributed by atoms with Gasteiger partial charge in [-0.3, -0.25) is 9.36 Å². The van der Waals surface area contributed by atoms with Crippen LogP contribution in [-0.4, -0.2) is 31.4 Å². The third kappa shape index (κ3) is 5.29. The molecule has 0 saturated heterocycles. The van der Waals surface area contributed by atoms with Gasteiger partial charge in [0.2, 0.25) is 0 Å². The van der Waals surface area contributed by atoms with Gasteiger partial charge in [0.15, 0.2) is 4.80 Å². The zero-order valence-electron chi connectivity index (χ0n) is 21.5. The van der Waals surface area contributed by atoms with Crippen LogP contribution >= 0.6 is 27.3 Å². The van der Waals surface area contributed by atoms with Gasteiger partial charge in [-0.15, -0.1) is 0 Å². The Morgan fingerprint density at radius 1 is 1.14 bits per heavy atom. The molecule has 4 rings (SSSR count). The number of allylic oxidation sites excluding steroid dienone is 1. The van der Waals surface area contributed by atoms with E-state index >= 15 is 0 Å². The van der Waals surface area contributed by atoms with Crippen molar-refractivity contribution in [3.05, 3.63) is 88.5 Å². The molecule has 0 radical (unpaired) electrons. The molecule has 7 nitrogen and oxygen atoms in total. The molecule has 0 bridgehead atoms. The van der Waals surface area contributed by atoms with Gasteiger partial charge in [0.05, 0.1) is 36.6 Å². The van der Waals surface area contributed by atoms with Gasteiger partial charge in [0, 0.05) is 10.0 Å². The molecule has 3 aromatic rings. The molecule has 1 aromatic heterocycles. The fourth-order valence-corrected chi connectivity index (χ4v) is 5.81. The van der Waals surface area contributed by atoms with Crippen molar-refractivity contribution >= 4 is 39.3 Å². The van der Waals surface area contributed by atoms with E-state index in [0.29, 0.717) is 38.3 Å². The summed E-state index contributed by atoms with van der Waals surface area (Å²) in [6.45, 7) is 5.97. The molecule has 2 aromatic carbocycles. The Balaban J connectivity index is 2.04. The van der Waals surface area contributed by atoms with E-state index in [1.807, 2.05) is 56.3 Å². The van der Waals surface area contributed by atoms with E-state index in [1.54, 1.807) is 25.7 Å². The predicted molar refractivity (Wildman–Crippen MR) is 148 cm³/mol. The van der Waals surface area contributed by atoms with E-state index in [9.17, 15) is 9.59 Å². The third-order valence-electron chi connectivity index (χ3n) is 6.11. The first kappa shape index (κ1) is 26.9. The van der Waals surface area contributed by atoms with Crippen LogP contribution in [0, 0.1) is 6.92 Å². The summed E-state index contributed by atoms with van der Waals surface area (Å²) in [5, 5.41) is 0. The summed E-state index contributed by atoms with van der Waals surface area (Å²) in [6.07, 6.45) is 3.18. The topological polar surface area (TPSA) is 79.1 Å². The second-order valence-electron chi connectivity index (χ2n) is 8.53.